The molecule has 2 atom stereocenters. The third kappa shape index (κ3) is 3.35. The fraction of sp³-hybridized carbons (Fsp3) is 0.500. The van der Waals surface area contributed by atoms with Crippen LogP contribution in [0.2, 0.25) is 5.02 Å². The van der Waals surface area contributed by atoms with Crippen LogP contribution in [0.3, 0.4) is 0 Å². The monoisotopic (exact) mass is 294 g/mol. The van der Waals surface area contributed by atoms with Gasteiger partial charge in [0.1, 0.15) is 5.75 Å². The van der Waals surface area contributed by atoms with Crippen molar-refractivity contribution in [3.05, 3.63) is 41.4 Å². The second kappa shape index (κ2) is 7.11. The zero-order chi connectivity index (χ0) is 14.5. The highest BCUT2D eigenvalue weighted by Crippen LogP contribution is 2.31. The summed E-state index contributed by atoms with van der Waals surface area (Å²) in [6.45, 7) is 5.82. The Morgan fingerprint density at radius 3 is 3.05 bits per heavy atom. The van der Waals surface area contributed by atoms with Gasteiger partial charge in [0, 0.05) is 18.6 Å². The summed E-state index contributed by atoms with van der Waals surface area (Å²) in [5, 5.41) is 0.620. The maximum Gasteiger partial charge on any atom is 0.137 e. The van der Waals surface area contributed by atoms with Crippen LogP contribution in [0.1, 0.15) is 30.9 Å². The van der Waals surface area contributed by atoms with E-state index in [1.807, 2.05) is 24.3 Å². The first-order valence-corrected chi connectivity index (χ1v) is 7.49. The van der Waals surface area contributed by atoms with Crippen molar-refractivity contribution in [2.75, 3.05) is 20.2 Å². The quantitative estimate of drug-likeness (QED) is 0.846. The van der Waals surface area contributed by atoms with Crippen LogP contribution in [-0.4, -0.2) is 31.1 Å². The fourth-order valence-electron chi connectivity index (χ4n) is 2.92. The van der Waals surface area contributed by atoms with Crippen molar-refractivity contribution in [1.82, 2.24) is 4.90 Å². The van der Waals surface area contributed by atoms with Crippen molar-refractivity contribution in [2.45, 2.75) is 31.3 Å². The predicted molar refractivity (Wildman–Crippen MR) is 84.3 cm³/mol. The molecule has 0 spiro atoms. The molecule has 1 fully saturated rings. The topological polar surface area (TPSA) is 38.5 Å². The van der Waals surface area contributed by atoms with E-state index < -0.39 is 0 Å². The Labute approximate surface area is 126 Å². The molecular weight excluding hydrogens is 272 g/mol. The predicted octanol–water partition coefficient (Wildman–Crippen LogP) is 3.39. The molecule has 0 bridgehead atoms. The number of hydrogen-bond acceptors (Lipinski definition) is 3. The number of nitrogens with two attached hydrogens (primary N) is 1. The van der Waals surface area contributed by atoms with Crippen LogP contribution in [0.25, 0.3) is 0 Å². The Kier molecular flexibility index (Phi) is 5.46. The van der Waals surface area contributed by atoms with E-state index in [1.165, 1.54) is 12.8 Å². The van der Waals surface area contributed by atoms with Gasteiger partial charge in [-0.3, -0.25) is 4.90 Å². The molecule has 1 aromatic carbocycles. The molecule has 0 aliphatic carbocycles. The number of benzene rings is 1. The molecule has 3 nitrogen and oxygen atoms in total. The van der Waals surface area contributed by atoms with Crippen molar-refractivity contribution in [1.29, 1.82) is 0 Å². The number of hydrogen-bond donors (Lipinski definition) is 1. The molecule has 2 N–H and O–H groups in total. The van der Waals surface area contributed by atoms with E-state index in [9.17, 15) is 0 Å². The molecule has 1 unspecified atom stereocenters. The van der Waals surface area contributed by atoms with Crippen molar-refractivity contribution in [2.24, 2.45) is 5.73 Å². The van der Waals surface area contributed by atoms with Gasteiger partial charge in [-0.25, -0.2) is 0 Å². The van der Waals surface area contributed by atoms with Gasteiger partial charge in [0.15, 0.2) is 0 Å². The lowest BCUT2D eigenvalue weighted by molar-refractivity contribution is 0.141. The zero-order valence-electron chi connectivity index (χ0n) is 12.0. The second-order valence-corrected chi connectivity index (χ2v) is 5.67. The van der Waals surface area contributed by atoms with Crippen molar-refractivity contribution in [3.8, 4) is 5.75 Å². The van der Waals surface area contributed by atoms with Crippen LogP contribution >= 0.6 is 11.6 Å². The summed E-state index contributed by atoms with van der Waals surface area (Å²) < 4.78 is 5.28. The third-order valence-corrected chi connectivity index (χ3v) is 4.31. The third-order valence-electron chi connectivity index (χ3n) is 4.00. The van der Waals surface area contributed by atoms with Crippen molar-refractivity contribution >= 4 is 11.6 Å². The number of halogens is 1. The lowest BCUT2D eigenvalue weighted by Gasteiger charge is -2.38. The van der Waals surface area contributed by atoms with Gasteiger partial charge < -0.3 is 10.5 Å². The first-order chi connectivity index (χ1) is 9.67. The van der Waals surface area contributed by atoms with E-state index in [2.05, 4.69) is 11.5 Å². The molecule has 0 aromatic heterocycles. The van der Waals surface area contributed by atoms with Gasteiger partial charge in [-0.15, -0.1) is 6.58 Å². The highest BCUT2D eigenvalue weighted by atomic mass is 35.5. The molecule has 4 heteroatoms. The van der Waals surface area contributed by atoms with Gasteiger partial charge in [-0.2, -0.15) is 0 Å². The largest absolute Gasteiger partial charge is 0.495 e. The Morgan fingerprint density at radius 1 is 1.55 bits per heavy atom. The van der Waals surface area contributed by atoms with Gasteiger partial charge in [-0.05, 0) is 37.1 Å². The average Bonchev–Trinajstić information content (AvgIpc) is 2.48. The molecule has 1 heterocycles. The molecule has 1 aliphatic heterocycles. The molecule has 2 rings (SSSR count). The fourth-order valence-corrected chi connectivity index (χ4v) is 3.12. The Bertz CT molecular complexity index is 464. The SMILES string of the molecule is C=CCN1CCCC[C@H]1C(N)c1ccc(Cl)c(OC)c1. The maximum absolute atomic E-state index is 6.49. The van der Waals surface area contributed by atoms with Crippen molar-refractivity contribution in [3.63, 3.8) is 0 Å². The maximum atomic E-state index is 6.49. The molecular formula is C16H23ClN2O. The van der Waals surface area contributed by atoms with Crippen LogP contribution in [0, 0.1) is 0 Å². The smallest absolute Gasteiger partial charge is 0.137 e. The summed E-state index contributed by atoms with van der Waals surface area (Å²) >= 11 is 6.08. The van der Waals surface area contributed by atoms with Gasteiger partial charge in [0.05, 0.1) is 12.1 Å². The van der Waals surface area contributed by atoms with E-state index in [-0.39, 0.29) is 6.04 Å². The molecule has 110 valence electrons. The van der Waals surface area contributed by atoms with Gasteiger partial charge >= 0.3 is 0 Å². The van der Waals surface area contributed by atoms with Crippen LogP contribution in [-0.2, 0) is 0 Å². The normalized spacial score (nSPS) is 21.4. The first-order valence-electron chi connectivity index (χ1n) is 7.11. The highest BCUT2D eigenvalue weighted by Gasteiger charge is 2.28. The van der Waals surface area contributed by atoms with Crippen LogP contribution in [0.15, 0.2) is 30.9 Å². The minimum absolute atomic E-state index is 0.0265. The van der Waals surface area contributed by atoms with E-state index in [1.54, 1.807) is 7.11 Å². The Morgan fingerprint density at radius 2 is 2.35 bits per heavy atom. The highest BCUT2D eigenvalue weighted by molar-refractivity contribution is 6.32. The lowest BCUT2D eigenvalue weighted by Crippen LogP contribution is -2.45. The van der Waals surface area contributed by atoms with E-state index in [0.29, 0.717) is 16.8 Å². The Balaban J connectivity index is 2.19. The number of likely N-dealkylation sites (tertiary alicyclic amines) is 1. The summed E-state index contributed by atoms with van der Waals surface area (Å²) in [4.78, 5) is 2.42. The summed E-state index contributed by atoms with van der Waals surface area (Å²) in [6, 6.07) is 6.13. The number of piperidine rings is 1. The molecule has 20 heavy (non-hydrogen) atoms. The summed E-state index contributed by atoms with van der Waals surface area (Å²) in [5.41, 5.74) is 7.57. The van der Waals surface area contributed by atoms with E-state index >= 15 is 0 Å². The summed E-state index contributed by atoms with van der Waals surface area (Å²) in [5.74, 6) is 0.686. The summed E-state index contributed by atoms with van der Waals surface area (Å²) in [6.07, 6.45) is 5.55. The van der Waals surface area contributed by atoms with E-state index in [0.717, 1.165) is 25.1 Å². The Hall–Kier alpha value is -1.03. The van der Waals surface area contributed by atoms with Gasteiger partial charge in [-0.1, -0.05) is 30.2 Å². The number of ether oxygens (including phenoxy) is 1. The van der Waals surface area contributed by atoms with Crippen LogP contribution in [0.4, 0.5) is 0 Å². The number of methoxy groups -OCH3 is 1. The van der Waals surface area contributed by atoms with Gasteiger partial charge in [0.2, 0.25) is 0 Å². The number of rotatable bonds is 5. The lowest BCUT2D eigenvalue weighted by atomic mass is 9.91. The minimum atomic E-state index is -0.0265. The molecule has 1 aliphatic rings. The minimum Gasteiger partial charge on any atom is -0.495 e. The standard InChI is InChI=1S/C16H23ClN2O/c1-3-9-19-10-5-4-6-14(19)16(18)12-7-8-13(17)15(11-12)20-2/h3,7-8,11,14,16H,1,4-6,9-10,18H2,2H3/t14-,16?/m0/s1. The molecule has 0 amide bonds. The van der Waals surface area contributed by atoms with Crippen molar-refractivity contribution < 1.29 is 4.74 Å². The first kappa shape index (κ1) is 15.4. The molecule has 1 saturated heterocycles. The average molecular weight is 295 g/mol. The molecule has 0 saturated carbocycles. The molecule has 1 aromatic rings. The van der Waals surface area contributed by atoms with Gasteiger partial charge in [0.25, 0.3) is 0 Å². The zero-order valence-corrected chi connectivity index (χ0v) is 12.8. The van der Waals surface area contributed by atoms with Crippen LogP contribution < -0.4 is 10.5 Å². The van der Waals surface area contributed by atoms with E-state index in [4.69, 9.17) is 22.1 Å². The summed E-state index contributed by atoms with van der Waals surface area (Å²) in [7, 11) is 1.63. The second-order valence-electron chi connectivity index (χ2n) is 5.27. The number of nitrogens with zero attached hydrogens (tertiary/aromatic N) is 1. The molecule has 0 radical (unpaired) electrons. The van der Waals surface area contributed by atoms with Crippen LogP contribution in [0.5, 0.6) is 5.75 Å².